The SMILES string of the molecule is O=C(N[C@@H]1C[NH+]2CCC1CC2)c1cc(Cl)c([N+](=O)[O-])c2nc[nH]c12. The Bertz CT molecular complexity index is 828. The zero-order chi connectivity index (χ0) is 16.8. The van der Waals surface area contributed by atoms with Crippen molar-refractivity contribution in [2.75, 3.05) is 19.6 Å². The predicted octanol–water partition coefficient (Wildman–Crippen LogP) is 0.531. The van der Waals surface area contributed by atoms with Crippen molar-refractivity contribution in [2.24, 2.45) is 5.92 Å². The molecule has 0 aliphatic carbocycles. The normalized spacial score (nSPS) is 25.8. The van der Waals surface area contributed by atoms with Crippen LogP contribution >= 0.6 is 11.6 Å². The van der Waals surface area contributed by atoms with Gasteiger partial charge >= 0.3 is 5.69 Å². The number of hydrogen-bond acceptors (Lipinski definition) is 4. The molecule has 1 amide bonds. The van der Waals surface area contributed by atoms with Gasteiger partial charge in [-0.15, -0.1) is 0 Å². The second kappa shape index (κ2) is 5.71. The fraction of sp³-hybridized carbons (Fsp3) is 0.467. The van der Waals surface area contributed by atoms with Crippen molar-refractivity contribution in [1.82, 2.24) is 15.3 Å². The monoisotopic (exact) mass is 350 g/mol. The number of amides is 1. The number of carbonyl (C=O) groups excluding carboxylic acids is 1. The molecular formula is C15H17ClN5O3+. The molecule has 1 atom stereocenters. The van der Waals surface area contributed by atoms with Gasteiger partial charge in [-0.2, -0.15) is 0 Å². The summed E-state index contributed by atoms with van der Waals surface area (Å²) in [6.45, 7) is 3.28. The highest BCUT2D eigenvalue weighted by molar-refractivity contribution is 6.34. The Balaban J connectivity index is 1.67. The molecule has 3 N–H and O–H groups in total. The lowest BCUT2D eigenvalue weighted by Crippen LogP contribution is -3.17. The number of rotatable bonds is 3. The number of imidazole rings is 1. The van der Waals surface area contributed by atoms with Gasteiger partial charge in [-0.3, -0.25) is 14.9 Å². The fourth-order valence-electron chi connectivity index (χ4n) is 3.96. The van der Waals surface area contributed by atoms with Crippen LogP contribution in [-0.2, 0) is 0 Å². The molecule has 3 saturated heterocycles. The third-order valence-corrected chi connectivity index (χ3v) is 5.48. The average molecular weight is 351 g/mol. The molecule has 5 rings (SSSR count). The lowest BCUT2D eigenvalue weighted by Gasteiger charge is -2.42. The summed E-state index contributed by atoms with van der Waals surface area (Å²) in [5, 5.41) is 14.2. The third kappa shape index (κ3) is 2.42. The summed E-state index contributed by atoms with van der Waals surface area (Å²) >= 11 is 6.03. The number of H-pyrrole nitrogens is 1. The maximum absolute atomic E-state index is 12.7. The summed E-state index contributed by atoms with van der Waals surface area (Å²) < 4.78 is 0. The van der Waals surface area contributed by atoms with Crippen molar-refractivity contribution < 1.29 is 14.6 Å². The Morgan fingerprint density at radius 1 is 1.46 bits per heavy atom. The predicted molar refractivity (Wildman–Crippen MR) is 87.3 cm³/mol. The molecule has 0 spiro atoms. The van der Waals surface area contributed by atoms with Crippen molar-refractivity contribution in [2.45, 2.75) is 18.9 Å². The van der Waals surface area contributed by atoms with Crippen molar-refractivity contribution in [3.8, 4) is 0 Å². The van der Waals surface area contributed by atoms with Crippen LogP contribution in [0.1, 0.15) is 23.2 Å². The lowest BCUT2D eigenvalue weighted by molar-refractivity contribution is -0.917. The Morgan fingerprint density at radius 3 is 2.83 bits per heavy atom. The summed E-state index contributed by atoms with van der Waals surface area (Å²) in [6, 6.07) is 1.49. The van der Waals surface area contributed by atoms with Crippen LogP contribution in [0.15, 0.2) is 12.4 Å². The number of benzene rings is 1. The summed E-state index contributed by atoms with van der Waals surface area (Å²) in [6.07, 6.45) is 3.59. The quantitative estimate of drug-likeness (QED) is 0.554. The van der Waals surface area contributed by atoms with E-state index in [9.17, 15) is 14.9 Å². The molecule has 0 unspecified atom stereocenters. The van der Waals surface area contributed by atoms with E-state index in [0.717, 1.165) is 19.4 Å². The second-order valence-corrected chi connectivity index (χ2v) is 6.92. The Labute approximate surface area is 142 Å². The van der Waals surface area contributed by atoms with Crippen LogP contribution in [-0.4, -0.2) is 46.5 Å². The molecule has 24 heavy (non-hydrogen) atoms. The van der Waals surface area contributed by atoms with E-state index in [1.807, 2.05) is 0 Å². The molecule has 1 aromatic heterocycles. The van der Waals surface area contributed by atoms with E-state index in [0.29, 0.717) is 17.0 Å². The highest BCUT2D eigenvalue weighted by atomic mass is 35.5. The molecule has 3 fully saturated rings. The molecule has 4 heterocycles. The molecule has 0 radical (unpaired) electrons. The van der Waals surface area contributed by atoms with Crippen molar-refractivity contribution in [3.05, 3.63) is 33.1 Å². The van der Waals surface area contributed by atoms with E-state index in [2.05, 4.69) is 15.3 Å². The first kappa shape index (κ1) is 15.3. The van der Waals surface area contributed by atoms with Crippen LogP contribution in [0.4, 0.5) is 5.69 Å². The van der Waals surface area contributed by atoms with E-state index in [-0.39, 0.29) is 28.2 Å². The minimum Gasteiger partial charge on any atom is -0.344 e. The summed E-state index contributed by atoms with van der Waals surface area (Å²) in [7, 11) is 0. The minimum atomic E-state index is -0.579. The number of halogens is 1. The molecule has 0 saturated carbocycles. The van der Waals surface area contributed by atoms with E-state index in [1.54, 1.807) is 0 Å². The summed E-state index contributed by atoms with van der Waals surface area (Å²) in [5.74, 6) is 0.247. The molecule has 2 aromatic rings. The number of nitrogens with zero attached hydrogens (tertiary/aromatic N) is 2. The van der Waals surface area contributed by atoms with Gasteiger partial charge in [0.05, 0.1) is 48.0 Å². The molecule has 126 valence electrons. The number of piperidine rings is 3. The highest BCUT2D eigenvalue weighted by Crippen LogP contribution is 2.33. The molecule has 8 nitrogen and oxygen atoms in total. The van der Waals surface area contributed by atoms with Gasteiger partial charge < -0.3 is 15.2 Å². The highest BCUT2D eigenvalue weighted by Gasteiger charge is 2.38. The molecule has 2 bridgehead atoms. The number of aromatic amines is 1. The van der Waals surface area contributed by atoms with Gasteiger partial charge in [-0.05, 0) is 12.0 Å². The Kier molecular flexibility index (Phi) is 3.65. The van der Waals surface area contributed by atoms with Crippen LogP contribution in [0.25, 0.3) is 11.0 Å². The van der Waals surface area contributed by atoms with Crippen molar-refractivity contribution in [1.29, 1.82) is 0 Å². The van der Waals surface area contributed by atoms with Gasteiger partial charge in [-0.25, -0.2) is 4.98 Å². The van der Waals surface area contributed by atoms with Crippen molar-refractivity contribution >= 4 is 34.2 Å². The maximum atomic E-state index is 12.7. The number of aromatic nitrogens is 2. The van der Waals surface area contributed by atoms with Crippen molar-refractivity contribution in [3.63, 3.8) is 0 Å². The van der Waals surface area contributed by atoms with Gasteiger partial charge in [0.15, 0.2) is 5.52 Å². The maximum Gasteiger partial charge on any atom is 0.315 e. The zero-order valence-electron chi connectivity index (χ0n) is 12.8. The molecule has 3 aliphatic rings. The third-order valence-electron chi connectivity index (χ3n) is 5.19. The standard InChI is InChI=1S/C15H16ClN5O3/c16-10-5-9(12-13(18-7-17-12)14(10)21(23)24)15(22)19-11-6-20-3-1-8(11)2-4-20/h5,7-8,11H,1-4,6H2,(H,17,18)(H,19,22)/p+1/t11-/m1/s1. The summed E-state index contributed by atoms with van der Waals surface area (Å²) in [5.41, 5.74) is 0.468. The Hall–Kier alpha value is -2.19. The molecule has 3 aliphatic heterocycles. The van der Waals surface area contributed by atoms with Gasteiger partial charge in [-0.1, -0.05) is 11.6 Å². The Morgan fingerprint density at radius 2 is 2.21 bits per heavy atom. The minimum absolute atomic E-state index is 0.0794. The smallest absolute Gasteiger partial charge is 0.315 e. The van der Waals surface area contributed by atoms with E-state index in [1.165, 1.54) is 30.4 Å². The lowest BCUT2D eigenvalue weighted by atomic mass is 9.84. The topological polar surface area (TPSA) is 105 Å². The average Bonchev–Trinajstić information content (AvgIpc) is 3.03. The second-order valence-electron chi connectivity index (χ2n) is 6.51. The van der Waals surface area contributed by atoms with Gasteiger partial charge in [0.1, 0.15) is 5.02 Å². The number of carbonyl (C=O) groups is 1. The molecule has 9 heteroatoms. The van der Waals surface area contributed by atoms with Gasteiger partial charge in [0.25, 0.3) is 5.91 Å². The largest absolute Gasteiger partial charge is 0.344 e. The van der Waals surface area contributed by atoms with Crippen LogP contribution in [0.3, 0.4) is 0 Å². The van der Waals surface area contributed by atoms with Gasteiger partial charge in [0.2, 0.25) is 0 Å². The fourth-order valence-corrected chi connectivity index (χ4v) is 4.23. The number of nitro benzene ring substituents is 1. The van der Waals surface area contributed by atoms with E-state index >= 15 is 0 Å². The molecular weight excluding hydrogens is 334 g/mol. The number of nitro groups is 1. The number of hydrogen-bond donors (Lipinski definition) is 3. The van der Waals surface area contributed by atoms with E-state index < -0.39 is 4.92 Å². The van der Waals surface area contributed by atoms with E-state index in [4.69, 9.17) is 11.6 Å². The first-order valence-corrected chi connectivity index (χ1v) is 8.37. The van der Waals surface area contributed by atoms with Gasteiger partial charge in [0, 0.05) is 12.8 Å². The number of quaternary nitrogens is 1. The first-order chi connectivity index (χ1) is 11.5. The van der Waals surface area contributed by atoms with Crippen LogP contribution in [0.2, 0.25) is 5.02 Å². The summed E-state index contributed by atoms with van der Waals surface area (Å²) in [4.78, 5) is 31.7. The zero-order valence-corrected chi connectivity index (χ0v) is 13.6. The number of fused-ring (bicyclic) bond motifs is 4. The van der Waals surface area contributed by atoms with Crippen LogP contribution < -0.4 is 10.2 Å². The van der Waals surface area contributed by atoms with Crippen LogP contribution in [0.5, 0.6) is 0 Å². The first-order valence-electron chi connectivity index (χ1n) is 7.99. The number of nitrogens with one attached hydrogen (secondary N) is 3. The van der Waals surface area contributed by atoms with Crippen LogP contribution in [0, 0.1) is 16.0 Å². The molecule has 1 aromatic carbocycles.